The molecule has 0 aromatic carbocycles. The van der Waals surface area contributed by atoms with Crippen LogP contribution in [0.3, 0.4) is 0 Å². The fourth-order valence-electron chi connectivity index (χ4n) is 1.15. The van der Waals surface area contributed by atoms with E-state index in [0.29, 0.717) is 5.82 Å². The second kappa shape index (κ2) is 4.07. The van der Waals surface area contributed by atoms with Gasteiger partial charge in [-0.25, -0.2) is 4.98 Å². The van der Waals surface area contributed by atoms with Gasteiger partial charge in [-0.05, 0) is 18.1 Å². The van der Waals surface area contributed by atoms with Crippen LogP contribution in [0.1, 0.15) is 31.4 Å². The molecule has 0 amide bonds. The number of anilines is 1. The minimum atomic E-state index is -0.383. The molecule has 1 rings (SSSR count). The number of hydrogen-bond acceptors (Lipinski definition) is 2. The van der Waals surface area contributed by atoms with Gasteiger partial charge >= 0.3 is 0 Å². The molecule has 0 aliphatic rings. The van der Waals surface area contributed by atoms with E-state index in [0.717, 1.165) is 18.4 Å². The predicted octanol–water partition coefficient (Wildman–Crippen LogP) is 0.916. The number of nitrogens with one attached hydrogen (secondary N) is 1. The lowest BCUT2D eigenvalue weighted by molar-refractivity contribution is -0.360. The lowest BCUT2D eigenvalue weighted by atomic mass is 10.1. The van der Waals surface area contributed by atoms with Crippen LogP contribution in [0.4, 0.5) is 5.82 Å². The van der Waals surface area contributed by atoms with Gasteiger partial charge in [0.2, 0.25) is 0 Å². The minimum Gasteiger partial charge on any atom is -0.388 e. The molecule has 1 aromatic heterocycles. The van der Waals surface area contributed by atoms with Crippen LogP contribution >= 0.6 is 0 Å². The van der Waals surface area contributed by atoms with Crippen molar-refractivity contribution in [2.45, 2.75) is 25.9 Å². The first-order valence-corrected chi connectivity index (χ1v) is 4.19. The molecular formula is C9H15N2O+. The molecular weight excluding hydrogens is 152 g/mol. The highest BCUT2D eigenvalue weighted by molar-refractivity contribution is 5.27. The van der Waals surface area contributed by atoms with Crippen molar-refractivity contribution < 1.29 is 10.1 Å². The monoisotopic (exact) mass is 167 g/mol. The molecule has 0 saturated heterocycles. The highest BCUT2D eigenvalue weighted by Gasteiger charge is 2.07. The van der Waals surface area contributed by atoms with Crippen LogP contribution in [-0.4, -0.2) is 5.11 Å². The van der Waals surface area contributed by atoms with Crippen LogP contribution in [0.15, 0.2) is 18.3 Å². The summed E-state index contributed by atoms with van der Waals surface area (Å²) in [6, 6.07) is 3.61. The van der Waals surface area contributed by atoms with E-state index in [4.69, 9.17) is 5.73 Å². The van der Waals surface area contributed by atoms with Crippen molar-refractivity contribution >= 4 is 5.82 Å². The number of aliphatic hydroxyl groups excluding tert-OH is 1. The van der Waals surface area contributed by atoms with Crippen molar-refractivity contribution in [2.75, 3.05) is 5.73 Å². The van der Waals surface area contributed by atoms with Gasteiger partial charge in [0.1, 0.15) is 0 Å². The van der Waals surface area contributed by atoms with Gasteiger partial charge in [0.25, 0.3) is 5.82 Å². The molecule has 1 heterocycles. The molecule has 0 fully saturated rings. The Hall–Kier alpha value is -1.09. The summed E-state index contributed by atoms with van der Waals surface area (Å²) < 4.78 is 0. The maximum absolute atomic E-state index is 9.58. The lowest BCUT2D eigenvalue weighted by Crippen LogP contribution is -2.10. The average molecular weight is 167 g/mol. The first kappa shape index (κ1) is 9.00. The summed E-state index contributed by atoms with van der Waals surface area (Å²) in [5.74, 6) is 0.586. The number of pyridine rings is 1. The Labute approximate surface area is 72.2 Å². The molecule has 66 valence electrons. The maximum atomic E-state index is 9.58. The highest BCUT2D eigenvalue weighted by atomic mass is 16.3. The van der Waals surface area contributed by atoms with E-state index < -0.39 is 0 Å². The summed E-state index contributed by atoms with van der Waals surface area (Å²) in [5.41, 5.74) is 6.41. The Balaban J connectivity index is 2.73. The SMILES string of the molecule is CCCC(O)c1cc[nH+]c(N)c1. The van der Waals surface area contributed by atoms with Crippen molar-refractivity contribution in [1.29, 1.82) is 0 Å². The van der Waals surface area contributed by atoms with E-state index in [1.807, 2.05) is 13.0 Å². The molecule has 3 nitrogen and oxygen atoms in total. The van der Waals surface area contributed by atoms with Gasteiger partial charge in [-0.2, -0.15) is 0 Å². The van der Waals surface area contributed by atoms with E-state index in [1.54, 1.807) is 12.3 Å². The third kappa shape index (κ3) is 2.20. The Morgan fingerprint density at radius 1 is 1.67 bits per heavy atom. The molecule has 0 bridgehead atoms. The lowest BCUT2D eigenvalue weighted by Gasteiger charge is -2.07. The van der Waals surface area contributed by atoms with Gasteiger partial charge in [0.05, 0.1) is 12.3 Å². The van der Waals surface area contributed by atoms with Gasteiger partial charge < -0.3 is 5.11 Å². The maximum Gasteiger partial charge on any atom is 0.270 e. The van der Waals surface area contributed by atoms with E-state index in [9.17, 15) is 5.11 Å². The fourth-order valence-corrected chi connectivity index (χ4v) is 1.15. The van der Waals surface area contributed by atoms with Crippen LogP contribution in [0, 0.1) is 0 Å². The molecule has 0 aliphatic carbocycles. The van der Waals surface area contributed by atoms with E-state index in [1.165, 1.54) is 0 Å². The Morgan fingerprint density at radius 3 is 3.00 bits per heavy atom. The van der Waals surface area contributed by atoms with Crippen LogP contribution < -0.4 is 10.7 Å². The van der Waals surface area contributed by atoms with Crippen molar-refractivity contribution in [3.05, 3.63) is 23.9 Å². The normalized spacial score (nSPS) is 12.8. The molecule has 1 unspecified atom stereocenters. The van der Waals surface area contributed by atoms with Gasteiger partial charge in [-0.15, -0.1) is 0 Å². The zero-order valence-electron chi connectivity index (χ0n) is 7.25. The summed E-state index contributed by atoms with van der Waals surface area (Å²) in [6.07, 6.45) is 3.11. The second-order valence-electron chi connectivity index (χ2n) is 2.88. The first-order valence-electron chi connectivity index (χ1n) is 4.19. The van der Waals surface area contributed by atoms with Crippen molar-refractivity contribution in [2.24, 2.45) is 0 Å². The number of nitrogen functional groups attached to an aromatic ring is 1. The molecule has 0 spiro atoms. The van der Waals surface area contributed by atoms with Crippen molar-refractivity contribution in [3.8, 4) is 0 Å². The Bertz CT molecular complexity index is 250. The zero-order valence-corrected chi connectivity index (χ0v) is 7.25. The molecule has 1 aromatic rings. The topological polar surface area (TPSA) is 60.4 Å². The molecule has 1 atom stereocenters. The summed E-state index contributed by atoms with van der Waals surface area (Å²) in [7, 11) is 0. The standard InChI is InChI=1S/C9H14N2O/c1-2-3-8(12)7-4-5-11-9(10)6-7/h4-6,8,12H,2-3H2,1H3,(H2,10,11)/p+1. The predicted molar refractivity (Wildman–Crippen MR) is 47.3 cm³/mol. The highest BCUT2D eigenvalue weighted by Crippen LogP contribution is 2.17. The molecule has 0 radical (unpaired) electrons. The van der Waals surface area contributed by atoms with Crippen molar-refractivity contribution in [3.63, 3.8) is 0 Å². The van der Waals surface area contributed by atoms with Crippen LogP contribution in [0.2, 0.25) is 0 Å². The number of aromatic amines is 1. The molecule has 0 saturated carbocycles. The molecule has 0 aliphatic heterocycles. The van der Waals surface area contributed by atoms with E-state index in [-0.39, 0.29) is 6.10 Å². The number of rotatable bonds is 3. The number of nitrogens with two attached hydrogens (primary N) is 1. The third-order valence-corrected chi connectivity index (χ3v) is 1.79. The van der Waals surface area contributed by atoms with E-state index in [2.05, 4.69) is 4.98 Å². The summed E-state index contributed by atoms with van der Waals surface area (Å²) in [4.78, 5) is 2.84. The summed E-state index contributed by atoms with van der Waals surface area (Å²) in [5, 5.41) is 9.58. The molecule has 12 heavy (non-hydrogen) atoms. The number of hydrogen-bond donors (Lipinski definition) is 2. The van der Waals surface area contributed by atoms with Crippen LogP contribution in [0.25, 0.3) is 0 Å². The largest absolute Gasteiger partial charge is 0.388 e. The smallest absolute Gasteiger partial charge is 0.270 e. The first-order chi connectivity index (χ1) is 5.74. The summed E-state index contributed by atoms with van der Waals surface area (Å²) >= 11 is 0. The summed E-state index contributed by atoms with van der Waals surface area (Å²) in [6.45, 7) is 2.04. The number of H-pyrrole nitrogens is 1. The van der Waals surface area contributed by atoms with Crippen molar-refractivity contribution in [1.82, 2.24) is 0 Å². The third-order valence-electron chi connectivity index (χ3n) is 1.79. The molecule has 4 N–H and O–H groups in total. The Kier molecular flexibility index (Phi) is 3.05. The van der Waals surface area contributed by atoms with Crippen LogP contribution in [0.5, 0.6) is 0 Å². The molecule has 3 heteroatoms. The van der Waals surface area contributed by atoms with Gasteiger partial charge in [0, 0.05) is 6.07 Å². The Morgan fingerprint density at radius 2 is 2.42 bits per heavy atom. The van der Waals surface area contributed by atoms with Gasteiger partial charge in [0.15, 0.2) is 0 Å². The quantitative estimate of drug-likeness (QED) is 0.703. The second-order valence-corrected chi connectivity index (χ2v) is 2.88. The number of aliphatic hydroxyl groups is 1. The van der Waals surface area contributed by atoms with Gasteiger partial charge in [-0.1, -0.05) is 13.3 Å². The van der Waals surface area contributed by atoms with Gasteiger partial charge in [-0.3, -0.25) is 5.73 Å². The number of aromatic nitrogens is 1. The minimum absolute atomic E-state index is 0.383. The average Bonchev–Trinajstić information content (AvgIpc) is 2.05. The zero-order chi connectivity index (χ0) is 8.97. The van der Waals surface area contributed by atoms with Crippen LogP contribution in [-0.2, 0) is 0 Å². The van der Waals surface area contributed by atoms with E-state index >= 15 is 0 Å². The fraction of sp³-hybridized carbons (Fsp3) is 0.444.